The molecule has 1 rings (SSSR count). The van der Waals surface area contributed by atoms with Gasteiger partial charge in [0.05, 0.1) is 13.2 Å². The molecule has 24 heavy (non-hydrogen) atoms. The summed E-state index contributed by atoms with van der Waals surface area (Å²) < 4.78 is 11.9. The summed E-state index contributed by atoms with van der Waals surface area (Å²) in [5.74, 6) is 1.76. The molecule has 0 aromatic heterocycles. The molecular weight excluding hydrogens is 312 g/mol. The van der Waals surface area contributed by atoms with Gasteiger partial charge in [-0.1, -0.05) is 65.8 Å². The average Bonchev–Trinajstić information content (AvgIpc) is 2.49. The number of hydrogen-bond acceptors (Lipinski definition) is 2. The Bertz CT molecular complexity index is 524. The summed E-state index contributed by atoms with van der Waals surface area (Å²) in [7, 11) is -0.0718. The van der Waals surface area contributed by atoms with Crippen molar-refractivity contribution in [3.63, 3.8) is 0 Å². The lowest BCUT2D eigenvalue weighted by Crippen LogP contribution is -2.46. The van der Waals surface area contributed by atoms with Crippen LogP contribution in [0.1, 0.15) is 47.1 Å². The average molecular weight is 349 g/mol. The van der Waals surface area contributed by atoms with Gasteiger partial charge >= 0.3 is 0 Å². The van der Waals surface area contributed by atoms with E-state index in [4.69, 9.17) is 9.16 Å². The Morgan fingerprint density at radius 3 is 1.96 bits per heavy atom. The number of rotatable bonds is 7. The molecule has 0 aliphatic rings. The lowest BCUT2D eigenvalue weighted by Gasteiger charge is -2.42. The van der Waals surface area contributed by atoms with Gasteiger partial charge in [-0.2, -0.15) is 0 Å². The molecule has 0 amide bonds. The molecular formula is C21H36O2Si. The SMILES string of the molecule is COc1ccc(/C=C\[C@H](C)[C@H](O[Si](C)(C)C(C)(C)C)C(C)C)cc1. The fourth-order valence-electron chi connectivity index (χ4n) is 2.45. The largest absolute Gasteiger partial charge is 0.497 e. The molecule has 2 nitrogen and oxygen atoms in total. The van der Waals surface area contributed by atoms with Crippen molar-refractivity contribution in [3.05, 3.63) is 35.9 Å². The molecule has 0 unspecified atom stereocenters. The summed E-state index contributed by atoms with van der Waals surface area (Å²) in [4.78, 5) is 0. The third kappa shape index (κ3) is 5.78. The Morgan fingerprint density at radius 2 is 1.54 bits per heavy atom. The predicted molar refractivity (Wildman–Crippen MR) is 108 cm³/mol. The van der Waals surface area contributed by atoms with Crippen molar-refractivity contribution in [2.24, 2.45) is 11.8 Å². The van der Waals surface area contributed by atoms with Crippen molar-refractivity contribution < 1.29 is 9.16 Å². The monoisotopic (exact) mass is 348 g/mol. The van der Waals surface area contributed by atoms with Crippen LogP contribution in [-0.4, -0.2) is 21.5 Å². The Kier molecular flexibility index (Phi) is 7.30. The maximum atomic E-state index is 6.72. The summed E-state index contributed by atoms with van der Waals surface area (Å²) >= 11 is 0. The van der Waals surface area contributed by atoms with Crippen LogP contribution < -0.4 is 4.74 Å². The number of benzene rings is 1. The normalized spacial score (nSPS) is 15.8. The molecule has 1 aromatic carbocycles. The Hall–Kier alpha value is -1.06. The molecule has 136 valence electrons. The lowest BCUT2D eigenvalue weighted by atomic mass is 9.94. The first kappa shape index (κ1) is 21.0. The smallest absolute Gasteiger partial charge is 0.192 e. The van der Waals surface area contributed by atoms with E-state index in [-0.39, 0.29) is 11.1 Å². The second kappa shape index (κ2) is 8.35. The highest BCUT2D eigenvalue weighted by molar-refractivity contribution is 6.74. The van der Waals surface area contributed by atoms with Crippen LogP contribution >= 0.6 is 0 Å². The van der Waals surface area contributed by atoms with E-state index in [1.165, 1.54) is 5.56 Å². The zero-order chi connectivity index (χ0) is 18.5. The highest BCUT2D eigenvalue weighted by atomic mass is 28.4. The van der Waals surface area contributed by atoms with Crippen LogP contribution in [-0.2, 0) is 4.43 Å². The van der Waals surface area contributed by atoms with Crippen LogP contribution in [0.2, 0.25) is 18.1 Å². The topological polar surface area (TPSA) is 18.5 Å². The highest BCUT2D eigenvalue weighted by Crippen LogP contribution is 2.39. The van der Waals surface area contributed by atoms with Gasteiger partial charge in [0.15, 0.2) is 8.32 Å². The molecule has 0 saturated carbocycles. The lowest BCUT2D eigenvalue weighted by molar-refractivity contribution is 0.101. The van der Waals surface area contributed by atoms with E-state index in [0.717, 1.165) is 5.75 Å². The van der Waals surface area contributed by atoms with Crippen LogP contribution in [0.3, 0.4) is 0 Å². The first-order chi connectivity index (χ1) is 11.0. The van der Waals surface area contributed by atoms with Gasteiger partial charge in [0.1, 0.15) is 5.75 Å². The molecule has 0 fully saturated rings. The molecule has 0 N–H and O–H groups in total. The van der Waals surface area contributed by atoms with Crippen molar-refractivity contribution >= 4 is 14.4 Å². The third-order valence-corrected chi connectivity index (χ3v) is 9.59. The van der Waals surface area contributed by atoms with Crippen LogP contribution in [0.4, 0.5) is 0 Å². The quantitative estimate of drug-likeness (QED) is 0.531. The van der Waals surface area contributed by atoms with Gasteiger partial charge in [-0.05, 0) is 47.7 Å². The van der Waals surface area contributed by atoms with Gasteiger partial charge in [-0.3, -0.25) is 0 Å². The molecule has 0 saturated heterocycles. The third-order valence-electron chi connectivity index (χ3n) is 5.12. The van der Waals surface area contributed by atoms with E-state index in [1.807, 2.05) is 12.1 Å². The Morgan fingerprint density at radius 1 is 1.00 bits per heavy atom. The van der Waals surface area contributed by atoms with Crippen molar-refractivity contribution in [2.75, 3.05) is 7.11 Å². The van der Waals surface area contributed by atoms with E-state index in [2.05, 4.69) is 78.9 Å². The fraction of sp³-hybridized carbons (Fsp3) is 0.619. The Balaban J connectivity index is 2.86. The van der Waals surface area contributed by atoms with Crippen molar-refractivity contribution in [1.29, 1.82) is 0 Å². The van der Waals surface area contributed by atoms with Crippen LogP contribution in [0.25, 0.3) is 6.08 Å². The van der Waals surface area contributed by atoms with E-state index < -0.39 is 8.32 Å². The predicted octanol–water partition coefficient (Wildman–Crippen LogP) is 6.39. The fourth-order valence-corrected chi connectivity index (χ4v) is 3.98. The van der Waals surface area contributed by atoms with Gasteiger partial charge in [-0.15, -0.1) is 0 Å². The van der Waals surface area contributed by atoms with E-state index in [9.17, 15) is 0 Å². The molecule has 0 bridgehead atoms. The zero-order valence-electron chi connectivity index (χ0n) is 17.0. The molecule has 0 aliphatic heterocycles. The van der Waals surface area contributed by atoms with E-state index in [1.54, 1.807) is 7.11 Å². The van der Waals surface area contributed by atoms with E-state index >= 15 is 0 Å². The summed E-state index contributed by atoms with van der Waals surface area (Å²) in [6.45, 7) is 18.4. The summed E-state index contributed by atoms with van der Waals surface area (Å²) in [5, 5.41) is 0.236. The summed E-state index contributed by atoms with van der Waals surface area (Å²) in [6, 6.07) is 8.16. The van der Waals surface area contributed by atoms with Crippen molar-refractivity contribution in [1.82, 2.24) is 0 Å². The van der Waals surface area contributed by atoms with Crippen LogP contribution in [0.5, 0.6) is 5.75 Å². The first-order valence-corrected chi connectivity index (χ1v) is 11.9. The Labute approximate surface area is 150 Å². The van der Waals surface area contributed by atoms with Gasteiger partial charge in [0.25, 0.3) is 0 Å². The minimum absolute atomic E-state index is 0.236. The minimum atomic E-state index is -1.76. The second-order valence-corrected chi connectivity index (χ2v) is 13.3. The molecule has 0 radical (unpaired) electrons. The van der Waals surface area contributed by atoms with Crippen molar-refractivity contribution in [3.8, 4) is 5.75 Å². The molecule has 0 spiro atoms. The van der Waals surface area contributed by atoms with Crippen LogP contribution in [0, 0.1) is 11.8 Å². The molecule has 3 heteroatoms. The van der Waals surface area contributed by atoms with Gasteiger partial charge in [0.2, 0.25) is 0 Å². The number of hydrogen-bond donors (Lipinski definition) is 0. The van der Waals surface area contributed by atoms with Gasteiger partial charge in [-0.25, -0.2) is 0 Å². The minimum Gasteiger partial charge on any atom is -0.497 e. The maximum absolute atomic E-state index is 6.72. The molecule has 0 heterocycles. The van der Waals surface area contributed by atoms with Gasteiger partial charge in [0, 0.05) is 0 Å². The first-order valence-electron chi connectivity index (χ1n) is 8.98. The molecule has 0 aliphatic carbocycles. The second-order valence-electron chi connectivity index (χ2n) is 8.58. The maximum Gasteiger partial charge on any atom is 0.192 e. The standard InChI is InChI=1S/C21H36O2Si/c1-16(2)20(23-24(8,9)21(4,5)6)17(3)10-11-18-12-14-19(22-7)15-13-18/h10-17,20H,1-9H3/b11-10-/t17-,20+/m0/s1. The highest BCUT2D eigenvalue weighted by Gasteiger charge is 2.40. The summed E-state index contributed by atoms with van der Waals surface area (Å²) in [6.07, 6.45) is 4.72. The molecule has 1 aromatic rings. The molecule has 2 atom stereocenters. The number of ether oxygens (including phenoxy) is 1. The summed E-state index contributed by atoms with van der Waals surface area (Å²) in [5.41, 5.74) is 1.19. The van der Waals surface area contributed by atoms with Gasteiger partial charge < -0.3 is 9.16 Å². The zero-order valence-corrected chi connectivity index (χ0v) is 18.0. The van der Waals surface area contributed by atoms with Crippen molar-refractivity contribution in [2.45, 2.75) is 65.8 Å². The van der Waals surface area contributed by atoms with E-state index in [0.29, 0.717) is 11.8 Å². The number of methoxy groups -OCH3 is 1. The van der Waals surface area contributed by atoms with Crippen LogP contribution in [0.15, 0.2) is 30.3 Å².